The zero-order valence-corrected chi connectivity index (χ0v) is 11.7. The molecule has 0 amide bonds. The Bertz CT molecular complexity index is 571. The van der Waals surface area contributed by atoms with Crippen LogP contribution in [0.2, 0.25) is 0 Å². The highest BCUT2D eigenvalue weighted by atomic mass is 15.0. The van der Waals surface area contributed by atoms with E-state index >= 15 is 0 Å². The Balaban J connectivity index is 1.98. The number of benzene rings is 1. The van der Waals surface area contributed by atoms with E-state index in [1.807, 2.05) is 12.4 Å². The van der Waals surface area contributed by atoms with Crippen molar-refractivity contribution in [3.63, 3.8) is 0 Å². The van der Waals surface area contributed by atoms with Gasteiger partial charge in [-0.05, 0) is 36.9 Å². The maximum absolute atomic E-state index is 4.49. The van der Waals surface area contributed by atoms with Gasteiger partial charge in [0.2, 0.25) is 0 Å². The van der Waals surface area contributed by atoms with E-state index in [0.717, 1.165) is 18.8 Å². The number of aromatic nitrogens is 2. The molecule has 1 aromatic carbocycles. The Kier molecular flexibility index (Phi) is 3.38. The van der Waals surface area contributed by atoms with Crippen molar-refractivity contribution in [1.82, 2.24) is 14.9 Å². The van der Waals surface area contributed by atoms with Gasteiger partial charge in [-0.2, -0.15) is 0 Å². The third-order valence-corrected chi connectivity index (χ3v) is 3.97. The summed E-state index contributed by atoms with van der Waals surface area (Å²) in [6.07, 6.45) is 7.42. The van der Waals surface area contributed by atoms with Crippen molar-refractivity contribution in [2.24, 2.45) is 7.05 Å². The van der Waals surface area contributed by atoms with E-state index in [1.54, 1.807) is 0 Å². The second kappa shape index (κ2) is 5.17. The Labute approximate surface area is 114 Å². The normalized spacial score (nSPS) is 17.7. The number of hydrogen-bond donors (Lipinski definition) is 1. The van der Waals surface area contributed by atoms with Crippen LogP contribution in [-0.4, -0.2) is 16.1 Å². The largest absolute Gasteiger partial charge is 0.334 e. The van der Waals surface area contributed by atoms with Gasteiger partial charge in [0.15, 0.2) is 0 Å². The van der Waals surface area contributed by atoms with Crippen LogP contribution in [0.25, 0.3) is 11.4 Å². The molecule has 1 heterocycles. The number of imidazole rings is 1. The Morgan fingerprint density at radius 3 is 3.05 bits per heavy atom. The first-order chi connectivity index (χ1) is 9.31. The summed E-state index contributed by atoms with van der Waals surface area (Å²) in [4.78, 5) is 4.49. The highest BCUT2D eigenvalue weighted by Crippen LogP contribution is 2.36. The first-order valence-corrected chi connectivity index (χ1v) is 7.14. The lowest BCUT2D eigenvalue weighted by Gasteiger charge is -2.14. The predicted octanol–water partition coefficient (Wildman–Crippen LogP) is 3.07. The van der Waals surface area contributed by atoms with Crippen molar-refractivity contribution in [3.8, 4) is 11.4 Å². The van der Waals surface area contributed by atoms with Gasteiger partial charge in [0, 0.05) is 31.0 Å². The van der Waals surface area contributed by atoms with Crippen molar-refractivity contribution in [2.75, 3.05) is 6.54 Å². The molecule has 0 spiro atoms. The maximum Gasteiger partial charge on any atom is 0.139 e. The number of hydrogen-bond acceptors (Lipinski definition) is 2. The third kappa shape index (κ3) is 2.19. The van der Waals surface area contributed by atoms with E-state index in [1.165, 1.54) is 29.5 Å². The first-order valence-electron chi connectivity index (χ1n) is 7.14. The van der Waals surface area contributed by atoms with Gasteiger partial charge in [-0.25, -0.2) is 4.98 Å². The fourth-order valence-corrected chi connectivity index (χ4v) is 3.02. The van der Waals surface area contributed by atoms with Crippen LogP contribution in [0.15, 0.2) is 30.6 Å². The number of nitrogens with one attached hydrogen (secondary N) is 1. The zero-order valence-electron chi connectivity index (χ0n) is 11.7. The van der Waals surface area contributed by atoms with Crippen LogP contribution >= 0.6 is 0 Å². The summed E-state index contributed by atoms with van der Waals surface area (Å²) in [5, 5.41) is 3.65. The molecule has 0 radical (unpaired) electrons. The molecule has 1 N–H and O–H groups in total. The molecule has 3 nitrogen and oxygen atoms in total. The number of nitrogens with zero attached hydrogens (tertiary/aromatic N) is 2. The van der Waals surface area contributed by atoms with E-state index in [9.17, 15) is 0 Å². The lowest BCUT2D eigenvalue weighted by atomic mass is 10.0. The minimum atomic E-state index is 0.523. The molecule has 1 aromatic heterocycles. The van der Waals surface area contributed by atoms with Crippen molar-refractivity contribution in [3.05, 3.63) is 41.7 Å². The molecule has 1 aliphatic carbocycles. The quantitative estimate of drug-likeness (QED) is 0.910. The molecule has 2 aromatic rings. The summed E-state index contributed by atoms with van der Waals surface area (Å²) in [7, 11) is 2.06. The first kappa shape index (κ1) is 12.4. The fraction of sp³-hybridized carbons (Fsp3) is 0.438. The van der Waals surface area contributed by atoms with Crippen LogP contribution in [0, 0.1) is 0 Å². The maximum atomic E-state index is 4.49. The van der Waals surface area contributed by atoms with Crippen LogP contribution in [0.1, 0.15) is 36.9 Å². The molecule has 100 valence electrons. The topological polar surface area (TPSA) is 29.9 Å². The smallest absolute Gasteiger partial charge is 0.139 e. The highest BCUT2D eigenvalue weighted by molar-refractivity contribution is 5.64. The second-order valence-electron chi connectivity index (χ2n) is 5.28. The molecule has 3 heteroatoms. The molecule has 1 unspecified atom stereocenters. The van der Waals surface area contributed by atoms with Gasteiger partial charge < -0.3 is 9.88 Å². The van der Waals surface area contributed by atoms with E-state index in [4.69, 9.17) is 0 Å². The Hall–Kier alpha value is -1.61. The summed E-state index contributed by atoms with van der Waals surface area (Å²) in [5.41, 5.74) is 4.24. The van der Waals surface area contributed by atoms with Crippen LogP contribution in [0.3, 0.4) is 0 Å². The molecular weight excluding hydrogens is 234 g/mol. The monoisotopic (exact) mass is 255 g/mol. The average Bonchev–Trinajstić information content (AvgIpc) is 3.02. The summed E-state index contributed by atoms with van der Waals surface area (Å²) in [5.74, 6) is 1.08. The van der Waals surface area contributed by atoms with Gasteiger partial charge in [0.25, 0.3) is 0 Å². The van der Waals surface area contributed by atoms with E-state index < -0.39 is 0 Å². The van der Waals surface area contributed by atoms with Crippen molar-refractivity contribution in [1.29, 1.82) is 0 Å². The molecule has 0 saturated heterocycles. The van der Waals surface area contributed by atoms with Gasteiger partial charge in [0.05, 0.1) is 0 Å². The van der Waals surface area contributed by atoms with Crippen LogP contribution in [0.5, 0.6) is 0 Å². The predicted molar refractivity (Wildman–Crippen MR) is 78.0 cm³/mol. The highest BCUT2D eigenvalue weighted by Gasteiger charge is 2.25. The summed E-state index contributed by atoms with van der Waals surface area (Å²) >= 11 is 0. The van der Waals surface area contributed by atoms with Crippen LogP contribution in [0.4, 0.5) is 0 Å². The lowest BCUT2D eigenvalue weighted by molar-refractivity contribution is 0.529. The molecule has 0 saturated carbocycles. The van der Waals surface area contributed by atoms with E-state index in [-0.39, 0.29) is 0 Å². The number of aryl methyl sites for hydroxylation is 1. The third-order valence-electron chi connectivity index (χ3n) is 3.97. The average molecular weight is 255 g/mol. The standard InChI is InChI=1S/C16H21N3/c1-3-9-17-15-8-7-12-13(15)5-4-6-14(12)16-18-10-11-19(16)2/h4-6,10-11,15,17H,3,7-9H2,1-2H3. The van der Waals surface area contributed by atoms with Gasteiger partial charge in [-0.3, -0.25) is 0 Å². The number of fused-ring (bicyclic) bond motifs is 1. The molecule has 19 heavy (non-hydrogen) atoms. The lowest BCUT2D eigenvalue weighted by Crippen LogP contribution is -2.19. The van der Waals surface area contributed by atoms with Crippen LogP contribution in [-0.2, 0) is 13.5 Å². The van der Waals surface area contributed by atoms with Crippen molar-refractivity contribution in [2.45, 2.75) is 32.2 Å². The molecule has 0 bridgehead atoms. The second-order valence-corrected chi connectivity index (χ2v) is 5.28. The SMILES string of the molecule is CCCNC1CCc2c(-c3nccn3C)cccc21. The Morgan fingerprint density at radius 2 is 2.32 bits per heavy atom. The summed E-state index contributed by atoms with van der Waals surface area (Å²) in [6.45, 7) is 3.31. The molecule has 0 aliphatic heterocycles. The van der Waals surface area contributed by atoms with Crippen LogP contribution < -0.4 is 5.32 Å². The fourth-order valence-electron chi connectivity index (χ4n) is 3.02. The Morgan fingerprint density at radius 1 is 1.42 bits per heavy atom. The summed E-state index contributed by atoms with van der Waals surface area (Å²) < 4.78 is 2.10. The molecule has 3 rings (SSSR count). The minimum absolute atomic E-state index is 0.523. The van der Waals surface area contributed by atoms with E-state index in [0.29, 0.717) is 6.04 Å². The minimum Gasteiger partial charge on any atom is -0.334 e. The summed E-state index contributed by atoms with van der Waals surface area (Å²) in [6, 6.07) is 7.15. The van der Waals surface area contributed by atoms with Gasteiger partial charge in [-0.15, -0.1) is 0 Å². The van der Waals surface area contributed by atoms with E-state index in [2.05, 4.69) is 47.0 Å². The molecule has 1 aliphatic rings. The van der Waals surface area contributed by atoms with Gasteiger partial charge in [-0.1, -0.05) is 25.1 Å². The van der Waals surface area contributed by atoms with Gasteiger partial charge in [0.1, 0.15) is 5.82 Å². The zero-order chi connectivity index (χ0) is 13.2. The number of rotatable bonds is 4. The van der Waals surface area contributed by atoms with Crippen molar-refractivity contribution < 1.29 is 0 Å². The molecule has 1 atom stereocenters. The van der Waals surface area contributed by atoms with Crippen molar-refractivity contribution >= 4 is 0 Å². The molecular formula is C16H21N3. The van der Waals surface area contributed by atoms with Gasteiger partial charge >= 0.3 is 0 Å². The molecule has 0 fully saturated rings.